The largest absolute Gasteiger partial charge is 1.00 e. The number of piperidine rings is 3. The number of hydrogen-bond acceptors (Lipinski definition) is 20. The topological polar surface area (TPSA) is 385 Å². The number of rotatable bonds is 20. The van der Waals surface area contributed by atoms with Crippen molar-refractivity contribution in [2.45, 2.75) is 205 Å². The predicted octanol–water partition coefficient (Wildman–Crippen LogP) is 4.80. The van der Waals surface area contributed by atoms with Gasteiger partial charge in [-0.25, -0.2) is 0 Å². The number of aryl methyl sites for hydroxylation is 1. The summed E-state index contributed by atoms with van der Waals surface area (Å²) in [5, 5.41) is 35.9. The molecule has 0 radical (unpaired) electrons. The third-order valence-corrected chi connectivity index (χ3v) is 22.1. The van der Waals surface area contributed by atoms with Crippen LogP contribution < -0.4 is 49.6 Å². The Bertz CT molecular complexity index is 4020. The van der Waals surface area contributed by atoms with Gasteiger partial charge in [-0.2, -0.15) is 8.42 Å². The first-order valence-corrected chi connectivity index (χ1v) is 38.0. The van der Waals surface area contributed by atoms with Crippen molar-refractivity contribution < 1.29 is 117 Å². The van der Waals surface area contributed by atoms with Gasteiger partial charge >= 0.3 is 24.8 Å². The van der Waals surface area contributed by atoms with Crippen LogP contribution in [0.4, 0.5) is 0 Å². The summed E-state index contributed by atoms with van der Waals surface area (Å²) in [6, 6.07) is 18.4. The van der Waals surface area contributed by atoms with Gasteiger partial charge in [0, 0.05) is 45.8 Å². The Morgan fingerprint density at radius 1 is 0.537 bits per heavy atom. The molecule has 4 aromatic rings. The Morgan fingerprint density at radius 3 is 1.37 bits per heavy atom. The second-order valence-corrected chi connectivity index (χ2v) is 29.6. The van der Waals surface area contributed by atoms with E-state index < -0.39 is 75.6 Å². The average molecular weight is 1530 g/mol. The number of carbonyl (C=O) groups is 12. The minimum atomic E-state index is -3.56. The van der Waals surface area contributed by atoms with Gasteiger partial charge in [0.2, 0.25) is 35.4 Å². The van der Waals surface area contributed by atoms with E-state index in [1.165, 1.54) is 82.4 Å². The number of amides is 11. The molecule has 4 aromatic carbocycles. The fourth-order valence-corrected chi connectivity index (χ4v) is 14.4. The zero-order valence-electron chi connectivity index (χ0n) is 62.6. The Balaban J connectivity index is 0.000000243. The van der Waals surface area contributed by atoms with E-state index in [1.54, 1.807) is 60.4 Å². The first kappa shape index (κ1) is 87.1. The van der Waals surface area contributed by atoms with Gasteiger partial charge in [-0.05, 0) is 180 Å². The van der Waals surface area contributed by atoms with Crippen LogP contribution in [0.3, 0.4) is 0 Å². The summed E-state index contributed by atoms with van der Waals surface area (Å²) in [6.45, 7) is 8.66. The number of carbonyl (C=O) groups excluding carboxylic acids is 11. The molecule has 0 aromatic heterocycles. The Morgan fingerprint density at radius 2 is 0.954 bits per heavy atom. The number of aliphatic hydroxyl groups is 1. The van der Waals surface area contributed by atoms with E-state index in [0.717, 1.165) is 90.1 Å². The van der Waals surface area contributed by atoms with Gasteiger partial charge in [0.15, 0.2) is 17.4 Å². The molecular weight excluding hydrogens is 1420 g/mol. The van der Waals surface area contributed by atoms with Crippen LogP contribution in [-0.2, 0) is 54.4 Å². The van der Waals surface area contributed by atoms with E-state index >= 15 is 0 Å². The second kappa shape index (κ2) is 42.2. The zero-order valence-corrected chi connectivity index (χ0v) is 61.4. The van der Waals surface area contributed by atoms with E-state index in [2.05, 4.69) is 21.3 Å². The van der Waals surface area contributed by atoms with Crippen molar-refractivity contribution in [3.8, 4) is 17.2 Å². The Hall–Kier alpha value is -8.12. The van der Waals surface area contributed by atoms with E-state index in [9.17, 15) is 71.1 Å². The number of carboxylic acid groups (broad SMARTS) is 1. The Kier molecular flexibility index (Phi) is 34.0. The molecule has 0 spiro atoms. The summed E-state index contributed by atoms with van der Waals surface area (Å²) >= 11 is 0. The molecule has 3 unspecified atom stereocenters. The summed E-state index contributed by atoms with van der Waals surface area (Å²) in [5.74, 6) is -1.08. The average Bonchev–Trinajstić information content (AvgIpc) is 1.68. The number of carboxylic acids is 1. The van der Waals surface area contributed by atoms with Crippen LogP contribution in [0.1, 0.15) is 235 Å². The van der Waals surface area contributed by atoms with Crippen molar-refractivity contribution in [2.24, 2.45) is 29.6 Å². The molecule has 3 atom stereocenters. The number of fused-ring (bicyclic) bond motifs is 3. The number of hydrogen-bond donors (Lipinski definition) is 7. The number of aliphatic hydroxyl groups excluding tert-OH is 1. The van der Waals surface area contributed by atoms with Crippen LogP contribution in [0.2, 0.25) is 0 Å². The third-order valence-electron chi connectivity index (χ3n) is 20.8. The monoisotopic (exact) mass is 1530 g/mol. The molecule has 11 aliphatic rings. The molecule has 4 aliphatic carbocycles. The molecule has 7 N–H and O–H groups in total. The second-order valence-electron chi connectivity index (χ2n) is 28.0. The summed E-state index contributed by atoms with van der Waals surface area (Å²) in [7, 11) is -3.56. The molecule has 0 bridgehead atoms. The number of ether oxygens (including phenoxy) is 2. The van der Waals surface area contributed by atoms with Gasteiger partial charge in [0.25, 0.3) is 39.7 Å². The van der Waals surface area contributed by atoms with Crippen molar-refractivity contribution in [1.29, 1.82) is 0 Å². The van der Waals surface area contributed by atoms with Gasteiger partial charge in [0.05, 0.1) is 47.0 Å². The number of phenolic OH excluding ortho intramolecular Hbond substituents is 1. The van der Waals surface area contributed by atoms with Crippen LogP contribution in [0.15, 0.2) is 83.8 Å². The maximum Gasteiger partial charge on any atom is 1.00 e. The van der Waals surface area contributed by atoms with Crippen molar-refractivity contribution in [3.63, 3.8) is 0 Å². The van der Waals surface area contributed by atoms with Gasteiger partial charge in [-0.15, -0.1) is 0 Å². The van der Waals surface area contributed by atoms with Gasteiger partial charge in [-0.3, -0.25) is 87.5 Å². The van der Waals surface area contributed by atoms with Crippen LogP contribution >= 0.6 is 0 Å². The van der Waals surface area contributed by atoms with E-state index in [-0.39, 0.29) is 134 Å². The minimum absolute atomic E-state index is 0. The number of imide groups is 5. The van der Waals surface area contributed by atoms with Crippen LogP contribution in [0, 0.1) is 36.5 Å². The number of nitrogens with one attached hydrogen (secondary N) is 4. The van der Waals surface area contributed by atoms with Crippen molar-refractivity contribution >= 4 is 98.4 Å². The van der Waals surface area contributed by atoms with Crippen LogP contribution in [-0.4, -0.2) is 184 Å². The fraction of sp³-hybridized carbons (Fsp3) is 0.538. The molecule has 582 valence electrons. The third kappa shape index (κ3) is 23.5. The fourth-order valence-electron chi connectivity index (χ4n) is 13.4. The summed E-state index contributed by atoms with van der Waals surface area (Å²) in [5.41, 5.74) is 3.26. The summed E-state index contributed by atoms with van der Waals surface area (Å²) in [4.78, 5) is 145. The van der Waals surface area contributed by atoms with Crippen LogP contribution in [0.25, 0.3) is 0 Å². The van der Waals surface area contributed by atoms with Gasteiger partial charge in [-0.1, -0.05) is 103 Å². The summed E-state index contributed by atoms with van der Waals surface area (Å²) in [6.07, 6.45) is 20.5. The zero-order chi connectivity index (χ0) is 76.2. The minimum Gasteiger partial charge on any atom is -1.00 e. The van der Waals surface area contributed by atoms with E-state index in [1.807, 2.05) is 19.1 Å². The van der Waals surface area contributed by atoms with Crippen molar-refractivity contribution in [3.05, 3.63) is 118 Å². The van der Waals surface area contributed by atoms with Gasteiger partial charge < -0.3 is 36.4 Å². The quantitative estimate of drug-likeness (QED) is 0.0355. The number of aliphatic carboxylic acids is 1. The van der Waals surface area contributed by atoms with E-state index in [4.69, 9.17) is 25.2 Å². The molecular formula is C78H105AlLiN7O20S. The molecule has 8 fully saturated rings. The molecule has 7 aliphatic heterocycles. The molecule has 27 nitrogen and oxygen atoms in total. The maximum absolute atomic E-state index is 12.7. The van der Waals surface area contributed by atoms with Crippen molar-refractivity contribution in [1.82, 2.24) is 36.0 Å². The normalized spacial score (nSPS) is 20.7. The van der Waals surface area contributed by atoms with Crippen LogP contribution in [0.5, 0.6) is 17.2 Å². The molecule has 108 heavy (non-hydrogen) atoms. The molecule has 15 rings (SSSR count). The number of aromatic hydroxyl groups is 1. The molecule has 11 amide bonds. The van der Waals surface area contributed by atoms with Crippen molar-refractivity contribution in [2.75, 3.05) is 39.5 Å². The van der Waals surface area contributed by atoms with Gasteiger partial charge in [0.1, 0.15) is 35.4 Å². The Labute approximate surface area is 656 Å². The maximum atomic E-state index is 12.7. The smallest absolute Gasteiger partial charge is 1.00 e. The predicted molar refractivity (Wildman–Crippen MR) is 398 cm³/mol. The summed E-state index contributed by atoms with van der Waals surface area (Å²) < 4.78 is 46.4. The molecule has 30 heteroatoms. The number of nitrogens with zero attached hydrogens (tertiary/aromatic N) is 3. The number of benzene rings is 4. The van der Waals surface area contributed by atoms with E-state index in [0.29, 0.717) is 81.8 Å². The molecule has 4 saturated heterocycles. The first-order valence-electron chi connectivity index (χ1n) is 37.3. The molecule has 7 heterocycles. The SMILES string of the molecule is C.Cc1ccc(S(=O)(=O)OCCC2CCC2)cc1.O=C(O)CC1CCC1.O=C1CCC(N2C(=O)c3ccc(O)cc3C2=O)C(=O)N1.O=C1CCC(N2C(=O)c3ccc(OCCC4CCC4)cc3C2=O)C(=O)N1.O=C1CCC(N2Cc3cc(OCCC4CNC4)ccc3C2=O)C(=O)N1.OCCC1CCC1.[2H]CC.[AlH3].[H-].[Li+]. The standard InChI is InChI=1S/C19H20N2O5.C18H21N3O4.C13H10N2O5.C13H18O3S.C6H10O2.C6H12O.C2H6.CH4.Al.Li.4H/c22-16-7-6-15(17(23)20-16)21-18(24)13-5-4-12(10-14(13)19(21)25)26-9-8-11-2-1-3-11;22-16-4-3-15(17(23)20-16)21-10-12-7-13(1-2-14(12)18(21)24)25-6-5-11-8-19-9-11;16-6-1-2-7-8(5-6)13(20)15(12(7)19)9-3-4-10(17)14-11(9)18;1-11-5-7-13(8-6-11)17(14,15)16-10-9-12-3-2-4-12;7-6(8)4-5-2-1-3-5;7-5-4-6-2-1-3-6;1-2;;;;;;;/h4-5,10-11,15H,1-3,6-9H2,(H,20,22,23);1-2,7,11,15,19H,3-6,8-10H2,(H,20,22,23);1-2,5,9,16H,3-4H2,(H,14,17,18);5-8,12H,2-4,9-10H2,1H3;5H,1-4H2,(H,7,8);6-7H,1-5H2;1-2H3;1H4;;;;;;/q;;;;;;;;;+1;;;;-1/i;;;;;;1D;;;;;;;. The first-order chi connectivity index (χ1) is 50.9. The molecule has 4 saturated carbocycles. The number of phenols is 1.